The number of alkyl carbamates (subject to hydrolysis) is 2. The van der Waals surface area contributed by atoms with E-state index in [9.17, 15) is 24.0 Å². The van der Waals surface area contributed by atoms with Gasteiger partial charge >= 0.3 is 29.5 Å². The van der Waals surface area contributed by atoms with Gasteiger partial charge in [0.25, 0.3) is 0 Å². The third kappa shape index (κ3) is 23.8. The molecule has 7 atom stereocenters. The van der Waals surface area contributed by atoms with Crippen LogP contribution in [0.3, 0.4) is 0 Å². The van der Waals surface area contributed by atoms with Gasteiger partial charge in [-0.3, -0.25) is 9.13 Å². The van der Waals surface area contributed by atoms with Gasteiger partial charge in [0.1, 0.15) is 28.9 Å². The number of nitrogen functional groups attached to an aromatic ring is 2. The third-order valence-corrected chi connectivity index (χ3v) is 37.3. The fourth-order valence-corrected chi connectivity index (χ4v) is 14.3. The molecular formula is C63H115IN8O12Si4. The zero-order valence-corrected chi connectivity index (χ0v) is 64.9. The Balaban J connectivity index is 0.000000547. The molecule has 0 saturated heterocycles. The fourth-order valence-electron chi connectivity index (χ4n) is 8.96. The predicted molar refractivity (Wildman–Crippen MR) is 372 cm³/mol. The van der Waals surface area contributed by atoms with Gasteiger partial charge in [-0.05, 0) is 182 Å². The summed E-state index contributed by atoms with van der Waals surface area (Å²) in [6.45, 7) is 56.8. The van der Waals surface area contributed by atoms with Crippen LogP contribution in [-0.2, 0) is 36.7 Å². The van der Waals surface area contributed by atoms with Crippen LogP contribution in [0.15, 0.2) is 22.0 Å². The van der Waals surface area contributed by atoms with Gasteiger partial charge in [-0.2, -0.15) is 9.97 Å². The molecule has 2 heterocycles. The van der Waals surface area contributed by atoms with E-state index in [0.29, 0.717) is 56.8 Å². The summed E-state index contributed by atoms with van der Waals surface area (Å²) in [6, 6.07) is -1.17. The Hall–Kier alpha value is -3.63. The molecule has 6 N–H and O–H groups in total. The van der Waals surface area contributed by atoms with E-state index in [1.165, 1.54) is 0 Å². The minimum absolute atomic E-state index is 0.00817. The second-order valence-corrected chi connectivity index (χ2v) is 52.5. The number of unbranched alkanes of at least 4 members (excludes halogenated alkanes) is 1. The van der Waals surface area contributed by atoms with Crippen LogP contribution in [0.4, 0.5) is 21.2 Å². The molecule has 0 bridgehead atoms. The molecule has 25 heteroatoms. The number of esters is 1. The second-order valence-electron chi connectivity index (χ2n) is 32.2. The Morgan fingerprint density at radius 1 is 0.614 bits per heavy atom. The first-order chi connectivity index (χ1) is 39.7. The van der Waals surface area contributed by atoms with E-state index in [0.717, 1.165) is 16.4 Å². The molecule has 2 aliphatic rings. The Labute approximate surface area is 546 Å². The highest BCUT2D eigenvalue weighted by Crippen LogP contribution is 2.47. The maximum atomic E-state index is 13.3. The Kier molecular flexibility index (Phi) is 27.2. The van der Waals surface area contributed by atoms with Crippen LogP contribution < -0.4 is 33.5 Å². The van der Waals surface area contributed by atoms with Gasteiger partial charge in [0.2, 0.25) is 0 Å². The summed E-state index contributed by atoms with van der Waals surface area (Å²) in [5, 5.41) is 5.63. The van der Waals surface area contributed by atoms with Crippen molar-refractivity contribution in [3.8, 4) is 11.8 Å². The lowest BCUT2D eigenvalue weighted by Crippen LogP contribution is -2.46. The average Bonchev–Trinajstić information content (AvgIpc) is 4.18. The molecule has 0 radical (unpaired) electrons. The van der Waals surface area contributed by atoms with Crippen molar-refractivity contribution in [2.24, 2.45) is 11.8 Å². The zero-order valence-electron chi connectivity index (χ0n) is 58.7. The topological polar surface area (TPSA) is 262 Å². The first kappa shape index (κ1) is 78.6. The summed E-state index contributed by atoms with van der Waals surface area (Å²) < 4.78 is 47.4. The van der Waals surface area contributed by atoms with Crippen molar-refractivity contribution in [2.75, 3.05) is 37.8 Å². The number of amides is 2. The highest BCUT2D eigenvalue weighted by molar-refractivity contribution is 14.1. The third-order valence-electron chi connectivity index (χ3n) is 18.4. The molecule has 2 amide bonds. The summed E-state index contributed by atoms with van der Waals surface area (Å²) in [4.78, 5) is 71.7. The lowest BCUT2D eigenvalue weighted by molar-refractivity contribution is -0.144. The monoisotopic (exact) mass is 1410 g/mol. The lowest BCUT2D eigenvalue weighted by Gasteiger charge is -2.41. The van der Waals surface area contributed by atoms with Crippen molar-refractivity contribution in [1.29, 1.82) is 0 Å². The van der Waals surface area contributed by atoms with Gasteiger partial charge in [0.15, 0.2) is 39.9 Å². The van der Waals surface area contributed by atoms with E-state index in [2.05, 4.69) is 190 Å². The van der Waals surface area contributed by atoms with Crippen LogP contribution in [0.5, 0.6) is 0 Å². The fraction of sp³-hybridized carbons (Fsp3) is 0.794. The van der Waals surface area contributed by atoms with Crippen molar-refractivity contribution in [3.63, 3.8) is 0 Å². The Morgan fingerprint density at radius 2 is 1.02 bits per heavy atom. The van der Waals surface area contributed by atoms with Gasteiger partial charge in [0, 0.05) is 56.1 Å². The van der Waals surface area contributed by atoms with Crippen LogP contribution in [-0.4, -0.2) is 126 Å². The van der Waals surface area contributed by atoms with Crippen molar-refractivity contribution in [2.45, 2.75) is 284 Å². The van der Waals surface area contributed by atoms with Crippen molar-refractivity contribution in [1.82, 2.24) is 29.7 Å². The molecule has 88 heavy (non-hydrogen) atoms. The number of nitrogens with zero attached hydrogens (tertiary/aromatic N) is 4. The Morgan fingerprint density at radius 3 is 1.44 bits per heavy atom. The second kappa shape index (κ2) is 30.4. The first-order valence-corrected chi connectivity index (χ1v) is 44.1. The van der Waals surface area contributed by atoms with Crippen LogP contribution in [0.1, 0.15) is 187 Å². The normalized spacial score (nSPS) is 20.3. The van der Waals surface area contributed by atoms with Gasteiger partial charge in [-0.15, -0.1) is 0 Å². The molecule has 1 unspecified atom stereocenters. The molecule has 0 spiro atoms. The number of halogens is 1. The van der Waals surface area contributed by atoms with Crippen molar-refractivity contribution in [3.05, 3.63) is 42.5 Å². The number of ether oxygens (including phenoxy) is 3. The van der Waals surface area contributed by atoms with E-state index in [4.69, 9.17) is 43.4 Å². The number of rotatable bonds is 20. The molecule has 2 fully saturated rings. The van der Waals surface area contributed by atoms with Crippen LogP contribution in [0, 0.1) is 27.2 Å². The number of carbonyl (C=O) groups excluding carboxylic acids is 3. The van der Waals surface area contributed by atoms with Crippen LogP contribution in [0.2, 0.25) is 72.5 Å². The van der Waals surface area contributed by atoms with E-state index in [-0.39, 0.29) is 80.8 Å². The number of hydrogen-bond donors (Lipinski definition) is 4. The zero-order chi connectivity index (χ0) is 67.8. The van der Waals surface area contributed by atoms with Crippen molar-refractivity contribution < 1.29 is 46.3 Å². The first-order valence-electron chi connectivity index (χ1n) is 31.4. The van der Waals surface area contributed by atoms with Gasteiger partial charge < -0.3 is 54.0 Å². The summed E-state index contributed by atoms with van der Waals surface area (Å²) >= 11 is 2.14. The number of hydrogen-bond acceptors (Lipinski definition) is 16. The molecule has 2 aromatic rings. The van der Waals surface area contributed by atoms with Gasteiger partial charge in [-0.1, -0.05) is 94.9 Å². The van der Waals surface area contributed by atoms with E-state index in [1.807, 2.05) is 6.20 Å². The number of carbonyl (C=O) groups is 3. The number of aromatic nitrogens is 4. The molecule has 2 saturated carbocycles. The minimum Gasteiger partial charge on any atom is -0.451 e. The molecule has 0 aromatic carbocycles. The molecule has 2 aromatic heterocycles. The van der Waals surface area contributed by atoms with Crippen LogP contribution in [0.25, 0.3) is 0 Å². The van der Waals surface area contributed by atoms with Gasteiger partial charge in [-0.25, -0.2) is 24.0 Å². The van der Waals surface area contributed by atoms with Gasteiger partial charge in [0.05, 0.1) is 21.3 Å². The average molecular weight is 1420 g/mol. The summed E-state index contributed by atoms with van der Waals surface area (Å²) in [5.41, 5.74) is 10.2. The largest absolute Gasteiger partial charge is 0.451 e. The van der Waals surface area contributed by atoms with Crippen LogP contribution >= 0.6 is 22.6 Å². The molecule has 2 aliphatic carbocycles. The quantitative estimate of drug-likeness (QED) is 0.0240. The van der Waals surface area contributed by atoms with E-state index >= 15 is 0 Å². The predicted octanol–water partition coefficient (Wildman–Crippen LogP) is 13.5. The lowest BCUT2D eigenvalue weighted by atomic mass is 10.1. The molecule has 502 valence electrons. The smallest absolute Gasteiger partial charge is 0.408 e. The molecule has 20 nitrogen and oxygen atoms in total. The summed E-state index contributed by atoms with van der Waals surface area (Å²) in [7, 11) is -8.01. The number of nitrogens with one attached hydrogen (secondary N) is 2. The minimum atomic E-state index is -2.15. The maximum Gasteiger partial charge on any atom is 0.408 e. The van der Waals surface area contributed by atoms with E-state index < -0.39 is 74.4 Å². The van der Waals surface area contributed by atoms with E-state index in [1.54, 1.807) is 56.9 Å². The molecular weight excluding hydrogens is 1300 g/mol. The SMILES string of the molecule is CC(C)(C)OC(=O)NCCCCC(NC(=O)OC(C)(C)C)C(=O)OCC#Cc1cn([C@@H]2C[C@H](CO[Si](C)(C)C(C)(C)C)[C@H](O[Si](C)(C)C(C)(C)C)C2)c(=O)nc1N.CC(C)(C)[Si](C)(C)OC[C@H]1C[C@@H](n2cc(I)c(N)nc2=O)C[C@H]1O[Si](C)(C)C(C)(C)C. The molecule has 4 rings (SSSR count). The Bertz CT molecular complexity index is 2870. The highest BCUT2D eigenvalue weighted by Gasteiger charge is 2.48. The number of nitrogens with two attached hydrogens (primary N) is 2. The number of anilines is 2. The summed E-state index contributed by atoms with van der Waals surface area (Å²) in [5.74, 6) is 5.65. The standard InChI is InChI=1S/C41H73N5O9Si2.C22H42IN3O3Si2/c1-38(2,3)53-36(49)43-22-18-17-21-31(44-37(50)54-39(4,5)6)34(47)51-23-19-20-28-26-46(35(48)45-33(28)42)30-24-29(27-52-56(13,14)40(7,8)9)32(25-30)55-57(15,16)41(10,11)12;1-21(2,3)30(7,8)28-14-15-11-16(26-13-17(23)19(24)25-20(26)27)12-18(15)29-31(9,10)22(4,5)6/h26,29-32H,17-18,21-25,27H2,1-16H3,(H,43,49)(H,44,50)(H2,42,45,48);13,15-16,18H,11-12,14H2,1-10H3,(H2,24,25,27)/t29-,30-,31?,32-;15-,16-,18-/m11/s1. The maximum absolute atomic E-state index is 13.3. The van der Waals surface area contributed by atoms with Crippen molar-refractivity contribution >= 4 is 85.7 Å². The highest BCUT2D eigenvalue weighted by atomic mass is 127. The molecule has 0 aliphatic heterocycles. The summed E-state index contributed by atoms with van der Waals surface area (Å²) in [6.07, 6.45) is 6.35.